The van der Waals surface area contributed by atoms with Crippen LogP contribution in [0, 0.1) is 51.3 Å². The number of hydrogen-bond acceptors (Lipinski definition) is 4. The Morgan fingerprint density at radius 2 is 2.03 bits per heavy atom. The molecule has 0 saturated heterocycles. The molecule has 1 unspecified atom stereocenters. The first-order valence-electron chi connectivity index (χ1n) is 10.7. The number of aromatic amines is 1. The molecule has 171 valence electrons. The topological polar surface area (TPSA) is 70.9 Å². The van der Waals surface area contributed by atoms with Crippen LogP contribution in [0.25, 0.3) is 27.8 Å². The number of nitrogens with one attached hydrogen (secondary N) is 2. The fraction of sp³-hybridized carbons (Fsp3) is 0.192. The van der Waals surface area contributed by atoms with Gasteiger partial charge in [0.05, 0.1) is 11.9 Å². The molecule has 6 nitrogen and oxygen atoms in total. The number of aromatic nitrogens is 5. The van der Waals surface area contributed by atoms with Crippen molar-refractivity contribution < 1.29 is 35.5 Å². The fourth-order valence-electron chi connectivity index (χ4n) is 3.98. The van der Waals surface area contributed by atoms with Crippen molar-refractivity contribution in [3.63, 3.8) is 0 Å². The number of pyridine rings is 1. The minimum atomic E-state index is -0.393. The normalized spacial score (nSPS) is 11.7. The van der Waals surface area contributed by atoms with Crippen LogP contribution in [-0.4, -0.2) is 30.9 Å². The van der Waals surface area contributed by atoms with Gasteiger partial charge in [-0.3, -0.25) is 9.38 Å². The molecule has 4 heterocycles. The molecule has 0 saturated carbocycles. The van der Waals surface area contributed by atoms with E-state index in [1.807, 2.05) is 35.1 Å². The average molecular weight is 681 g/mol. The van der Waals surface area contributed by atoms with Crippen molar-refractivity contribution in [3.05, 3.63) is 92.7 Å². The Morgan fingerprint density at radius 1 is 1.21 bits per heavy atom. The Kier molecular flexibility index (Phi) is 8.51. The van der Waals surface area contributed by atoms with Gasteiger partial charge in [0.2, 0.25) is 0 Å². The predicted octanol–water partition coefficient (Wildman–Crippen LogP) is 5.84. The van der Waals surface area contributed by atoms with E-state index >= 15 is 0 Å². The quantitative estimate of drug-likeness (QED) is 0.212. The summed E-state index contributed by atoms with van der Waals surface area (Å²) in [5.74, 6) is 0.495. The number of hydrogen-bond donors (Lipinski definition) is 2. The first-order valence-corrected chi connectivity index (χ1v) is 10.7. The Balaban J connectivity index is 0.00000162. The minimum Gasteiger partial charge on any atom is -0.367 e. The second-order valence-electron chi connectivity index (χ2n) is 7.97. The molecule has 8 heteroatoms. The molecule has 0 bridgehead atoms. The zero-order valence-electron chi connectivity index (χ0n) is 19.3. The summed E-state index contributed by atoms with van der Waals surface area (Å²) in [5, 5.41) is 4.67. The van der Waals surface area contributed by atoms with Gasteiger partial charge in [0, 0.05) is 53.5 Å². The van der Waals surface area contributed by atoms with Crippen molar-refractivity contribution in [2.75, 3.05) is 11.9 Å². The monoisotopic (exact) mass is 680 g/mol. The Labute approximate surface area is 222 Å². The smallest absolute Gasteiger partial charge is 0.367 e. The van der Waals surface area contributed by atoms with Crippen LogP contribution in [0.1, 0.15) is 30.5 Å². The van der Waals surface area contributed by atoms with Crippen LogP contribution in [0.15, 0.2) is 61.3 Å². The van der Waals surface area contributed by atoms with Crippen molar-refractivity contribution in [3.8, 4) is 11.3 Å². The zero-order chi connectivity index (χ0) is 22.1. The van der Waals surface area contributed by atoms with Gasteiger partial charge in [-0.15, -0.1) is 0 Å². The van der Waals surface area contributed by atoms with E-state index in [1.165, 1.54) is 23.2 Å². The standard InChI is InChI=1S/C25H24FN6.CH3.U/c1-3-16(2)23-14-30-25-24(28-9-8-17-12-29-21-7-5-4-6-20(17)21)31-22(15-32(23)25)18-10-19(26)13-27-11-18;;/h4-7,10-16,29H,1,3,8-9H2,2H3,(H,28,31);1H3;/q2*-1;+3. The summed E-state index contributed by atoms with van der Waals surface area (Å²) in [5.41, 5.74) is 5.41. The van der Waals surface area contributed by atoms with Crippen molar-refractivity contribution in [1.82, 2.24) is 24.3 Å². The third-order valence-electron chi connectivity index (χ3n) is 5.82. The van der Waals surface area contributed by atoms with Gasteiger partial charge in [-0.25, -0.2) is 14.4 Å². The number of rotatable bonds is 7. The number of anilines is 1. The SMILES string of the molecule is [CH2-]CC(C)c1cnc2c(NCCc3c[nH]c4ccccc34)nc(-c3cncc(F)c3)cn12.[CH3-].[U+3]. The molecule has 0 amide bonds. The summed E-state index contributed by atoms with van der Waals surface area (Å²) in [7, 11) is 0. The molecule has 5 aromatic rings. The van der Waals surface area contributed by atoms with E-state index in [0.29, 0.717) is 23.6 Å². The molecule has 5 rings (SSSR count). The van der Waals surface area contributed by atoms with E-state index in [4.69, 9.17) is 4.98 Å². The molecule has 4 aromatic heterocycles. The van der Waals surface area contributed by atoms with Crippen LogP contribution in [0.2, 0.25) is 0 Å². The van der Waals surface area contributed by atoms with Gasteiger partial charge in [-0.05, 0) is 30.0 Å². The summed E-state index contributed by atoms with van der Waals surface area (Å²) < 4.78 is 15.8. The predicted molar refractivity (Wildman–Crippen MR) is 131 cm³/mol. The maximum Gasteiger partial charge on any atom is 3.00 e. The van der Waals surface area contributed by atoms with Gasteiger partial charge >= 0.3 is 31.1 Å². The third-order valence-corrected chi connectivity index (χ3v) is 5.82. The summed E-state index contributed by atoms with van der Waals surface area (Å²) in [4.78, 5) is 16.7. The summed E-state index contributed by atoms with van der Waals surface area (Å²) in [6.45, 7) is 6.83. The number of benzene rings is 1. The van der Waals surface area contributed by atoms with E-state index in [1.54, 1.807) is 6.20 Å². The molecular weight excluding hydrogens is 653 g/mol. The van der Waals surface area contributed by atoms with Crippen molar-refractivity contribution in [1.29, 1.82) is 0 Å². The van der Waals surface area contributed by atoms with Crippen LogP contribution < -0.4 is 5.32 Å². The van der Waals surface area contributed by atoms with E-state index in [2.05, 4.69) is 46.2 Å². The Hall–Kier alpha value is -2.69. The first kappa shape index (κ1) is 25.9. The van der Waals surface area contributed by atoms with Gasteiger partial charge in [0.15, 0.2) is 11.5 Å². The second kappa shape index (κ2) is 11.2. The second-order valence-corrected chi connectivity index (χ2v) is 7.97. The first-order chi connectivity index (χ1) is 15.6. The van der Waals surface area contributed by atoms with Gasteiger partial charge in [-0.1, -0.05) is 25.1 Å². The van der Waals surface area contributed by atoms with Crippen LogP contribution in [0.4, 0.5) is 10.2 Å². The van der Waals surface area contributed by atoms with Crippen LogP contribution in [0.5, 0.6) is 0 Å². The number of fused-ring (bicyclic) bond motifs is 2. The molecule has 0 aliphatic rings. The Morgan fingerprint density at radius 3 is 2.82 bits per heavy atom. The molecule has 1 aromatic carbocycles. The minimum absolute atomic E-state index is 0. The number of halogens is 1. The molecule has 0 aliphatic carbocycles. The maximum atomic E-state index is 13.8. The van der Waals surface area contributed by atoms with E-state index in [9.17, 15) is 4.39 Å². The molecule has 0 spiro atoms. The maximum absolute atomic E-state index is 13.8. The largest absolute Gasteiger partial charge is 3.00 e. The molecule has 2 N–H and O–H groups in total. The molecule has 0 aliphatic heterocycles. The summed E-state index contributed by atoms with van der Waals surface area (Å²) in [6, 6.07) is 9.71. The molecular formula is C26H27FN6U+. The molecule has 0 fully saturated rings. The van der Waals surface area contributed by atoms with E-state index < -0.39 is 5.82 Å². The fourth-order valence-corrected chi connectivity index (χ4v) is 3.98. The van der Waals surface area contributed by atoms with Crippen molar-refractivity contribution >= 4 is 22.4 Å². The van der Waals surface area contributed by atoms with Gasteiger partial charge in [0.25, 0.3) is 0 Å². The zero-order valence-corrected chi connectivity index (χ0v) is 23.5. The number of para-hydroxylation sites is 1. The van der Waals surface area contributed by atoms with Crippen molar-refractivity contribution in [2.24, 2.45) is 0 Å². The van der Waals surface area contributed by atoms with Crippen LogP contribution >= 0.6 is 0 Å². The third kappa shape index (κ3) is 5.03. The van der Waals surface area contributed by atoms with Crippen LogP contribution in [-0.2, 0) is 6.42 Å². The van der Waals surface area contributed by atoms with Gasteiger partial charge in [0.1, 0.15) is 5.82 Å². The number of H-pyrrole nitrogens is 1. The molecule has 1 radical (unpaired) electrons. The molecule has 34 heavy (non-hydrogen) atoms. The number of nitrogens with zero attached hydrogens (tertiary/aromatic N) is 4. The molecule has 1 atom stereocenters. The summed E-state index contributed by atoms with van der Waals surface area (Å²) in [6.07, 6.45) is 10.2. The van der Waals surface area contributed by atoms with Crippen molar-refractivity contribution in [2.45, 2.75) is 25.7 Å². The summed E-state index contributed by atoms with van der Waals surface area (Å²) >= 11 is 0. The van der Waals surface area contributed by atoms with E-state index in [-0.39, 0.29) is 44.5 Å². The van der Waals surface area contributed by atoms with Crippen LogP contribution in [0.3, 0.4) is 0 Å². The average Bonchev–Trinajstić information content (AvgIpc) is 3.43. The van der Waals surface area contributed by atoms with Gasteiger partial charge in [-0.2, -0.15) is 6.42 Å². The van der Waals surface area contributed by atoms with E-state index in [0.717, 1.165) is 29.7 Å². The number of imidazole rings is 1. The van der Waals surface area contributed by atoms with Gasteiger partial charge < -0.3 is 24.7 Å². The Bertz CT molecular complexity index is 1390.